The molecule has 1 fully saturated rings. The van der Waals surface area contributed by atoms with Gasteiger partial charge in [-0.3, -0.25) is 18.8 Å². The van der Waals surface area contributed by atoms with Crippen LogP contribution in [0.25, 0.3) is 20.7 Å². The minimum Gasteiger partial charge on any atom is -0.306 e. The van der Waals surface area contributed by atoms with Gasteiger partial charge in [0.1, 0.15) is 26.3 Å². The molecule has 0 saturated carbocycles. The van der Waals surface area contributed by atoms with Crippen molar-refractivity contribution in [2.24, 2.45) is 0 Å². The van der Waals surface area contributed by atoms with Crippen molar-refractivity contribution < 1.29 is 26.8 Å². The topological polar surface area (TPSA) is 132 Å². The molecule has 0 bridgehead atoms. The van der Waals surface area contributed by atoms with Crippen LogP contribution in [0.3, 0.4) is 0 Å². The van der Waals surface area contributed by atoms with E-state index in [1.54, 1.807) is 24.3 Å². The Hall–Kier alpha value is -3.92. The molecule has 2 amide bonds. The number of amides is 2. The number of nitrogens with one attached hydrogen (secondary N) is 2. The van der Waals surface area contributed by atoms with E-state index in [1.807, 2.05) is 19.0 Å². The second-order valence-electron chi connectivity index (χ2n) is 10.8. The first-order chi connectivity index (χ1) is 20.9. The summed E-state index contributed by atoms with van der Waals surface area (Å²) in [5.41, 5.74) is 2.26. The molecule has 0 aliphatic carbocycles. The van der Waals surface area contributed by atoms with Gasteiger partial charge < -0.3 is 10.2 Å². The quantitative estimate of drug-likeness (QED) is 0.279. The van der Waals surface area contributed by atoms with Gasteiger partial charge in [-0.15, -0.1) is 11.3 Å². The molecule has 0 spiro atoms. The van der Waals surface area contributed by atoms with Gasteiger partial charge >= 0.3 is 11.7 Å². The molecule has 0 unspecified atom stereocenters. The van der Waals surface area contributed by atoms with Crippen LogP contribution < -0.4 is 22.0 Å². The molecule has 1 saturated heterocycles. The monoisotopic (exact) mass is 647 g/mol. The van der Waals surface area contributed by atoms with Crippen LogP contribution in [0.5, 0.6) is 0 Å². The molecule has 234 valence electrons. The predicted octanol–water partition coefficient (Wildman–Crippen LogP) is 3.71. The Labute approximate surface area is 255 Å². The lowest BCUT2D eigenvalue weighted by atomic mass is 10.1. The molecule has 4 aromatic rings. The van der Waals surface area contributed by atoms with Crippen molar-refractivity contribution in [2.75, 3.05) is 38.0 Å². The summed E-state index contributed by atoms with van der Waals surface area (Å²) in [7, 11) is 1.66. The van der Waals surface area contributed by atoms with Crippen LogP contribution in [-0.2, 0) is 27.8 Å². The average molecular weight is 648 g/mol. The molecular weight excluding hydrogens is 616 g/mol. The molecule has 5 rings (SSSR count). The maximum absolute atomic E-state index is 14.8. The van der Waals surface area contributed by atoms with Crippen molar-refractivity contribution in [3.63, 3.8) is 0 Å². The fourth-order valence-electron chi connectivity index (χ4n) is 5.38. The lowest BCUT2D eigenvalue weighted by molar-refractivity contribution is 0.114. The number of nitrogens with zero attached hydrogens (tertiary/aromatic N) is 3. The van der Waals surface area contributed by atoms with Crippen LogP contribution in [0.4, 0.5) is 19.3 Å². The number of thiophene rings is 1. The van der Waals surface area contributed by atoms with E-state index < -0.39 is 51.3 Å². The van der Waals surface area contributed by atoms with Gasteiger partial charge in [0, 0.05) is 28.7 Å². The van der Waals surface area contributed by atoms with Crippen LogP contribution >= 0.6 is 11.3 Å². The Morgan fingerprint density at radius 1 is 1.05 bits per heavy atom. The molecule has 0 radical (unpaired) electrons. The van der Waals surface area contributed by atoms with Crippen LogP contribution in [0.15, 0.2) is 52.1 Å². The zero-order valence-corrected chi connectivity index (χ0v) is 25.9. The standard InChI is InChI=1S/C29H31F2N5O6S2/c1-34(2)15-21-24-26(37)36(19-11-13-44(40,41)14-12-19)29(39)35(16-20-22(30)5-4-6-23(20)31)27(24)43-25(21)17-7-9-18(10-8-17)32-28(38)33-42-3/h4-10,19H,11-16H2,1-3H3,(H2,32,33,38). The van der Waals surface area contributed by atoms with E-state index in [0.717, 1.165) is 28.0 Å². The lowest BCUT2D eigenvalue weighted by Gasteiger charge is -2.24. The highest BCUT2D eigenvalue weighted by atomic mass is 32.2. The van der Waals surface area contributed by atoms with Gasteiger partial charge in [-0.05, 0) is 62.3 Å². The van der Waals surface area contributed by atoms with Crippen molar-refractivity contribution in [3.05, 3.63) is 86.1 Å². The van der Waals surface area contributed by atoms with Crippen LogP contribution in [-0.4, -0.2) is 61.2 Å². The van der Waals surface area contributed by atoms with Crippen molar-refractivity contribution in [1.29, 1.82) is 0 Å². The molecule has 2 aromatic heterocycles. The number of anilines is 1. The number of sulfone groups is 1. The fourth-order valence-corrected chi connectivity index (χ4v) is 8.15. The van der Waals surface area contributed by atoms with Crippen molar-refractivity contribution in [3.8, 4) is 10.4 Å². The Balaban J connectivity index is 1.75. The normalized spacial score (nSPS) is 15.1. The van der Waals surface area contributed by atoms with Gasteiger partial charge in [-0.2, -0.15) is 0 Å². The van der Waals surface area contributed by atoms with E-state index in [2.05, 4.69) is 15.6 Å². The SMILES string of the molecule is CONC(=O)Nc1ccc(-c2sc3c(c2CN(C)C)c(=O)n(C2CCS(=O)(=O)CC2)c(=O)n3Cc2c(F)cccc2F)cc1. The van der Waals surface area contributed by atoms with E-state index in [4.69, 9.17) is 0 Å². The van der Waals surface area contributed by atoms with Gasteiger partial charge in [0.2, 0.25) is 0 Å². The van der Waals surface area contributed by atoms with Gasteiger partial charge in [-0.1, -0.05) is 18.2 Å². The first kappa shape index (κ1) is 31.5. The molecule has 15 heteroatoms. The van der Waals surface area contributed by atoms with Gasteiger partial charge in [-0.25, -0.2) is 32.3 Å². The number of fused-ring (bicyclic) bond motifs is 1. The number of carbonyl (C=O) groups is 1. The number of hydroxylamine groups is 1. The van der Waals surface area contributed by atoms with Crippen molar-refractivity contribution in [1.82, 2.24) is 19.5 Å². The highest BCUT2D eigenvalue weighted by molar-refractivity contribution is 7.91. The maximum atomic E-state index is 14.8. The summed E-state index contributed by atoms with van der Waals surface area (Å²) in [6, 6.07) is 8.98. The van der Waals surface area contributed by atoms with Gasteiger partial charge in [0.15, 0.2) is 0 Å². The van der Waals surface area contributed by atoms with E-state index in [1.165, 1.54) is 17.7 Å². The summed E-state index contributed by atoms with van der Waals surface area (Å²) >= 11 is 1.15. The molecule has 0 atom stereocenters. The highest BCUT2D eigenvalue weighted by Gasteiger charge is 2.31. The average Bonchev–Trinajstić information content (AvgIpc) is 3.32. The smallest absolute Gasteiger partial charge is 0.306 e. The molecular formula is C29H31F2N5O6S2. The number of benzene rings is 2. The minimum absolute atomic E-state index is 0.0716. The van der Waals surface area contributed by atoms with E-state index in [9.17, 15) is 31.6 Å². The third-order valence-corrected chi connectivity index (χ3v) is 10.5. The number of hydrogen-bond acceptors (Lipinski definition) is 8. The number of rotatable bonds is 8. The van der Waals surface area contributed by atoms with E-state index >= 15 is 0 Å². The second-order valence-corrected chi connectivity index (χ2v) is 14.1. The summed E-state index contributed by atoms with van der Waals surface area (Å²) < 4.78 is 56.3. The zero-order chi connectivity index (χ0) is 31.8. The van der Waals surface area contributed by atoms with Crippen LogP contribution in [0, 0.1) is 11.6 Å². The van der Waals surface area contributed by atoms with Crippen molar-refractivity contribution >= 4 is 43.1 Å². The number of hydrogen-bond donors (Lipinski definition) is 2. The van der Waals surface area contributed by atoms with Gasteiger partial charge in [0.25, 0.3) is 5.56 Å². The number of aromatic nitrogens is 2. The minimum atomic E-state index is -3.30. The maximum Gasteiger partial charge on any atom is 0.343 e. The van der Waals surface area contributed by atoms with E-state index in [-0.39, 0.29) is 40.1 Å². The summed E-state index contributed by atoms with van der Waals surface area (Å²) in [6.45, 7) is -0.176. The first-order valence-corrected chi connectivity index (χ1v) is 16.3. The summed E-state index contributed by atoms with van der Waals surface area (Å²) in [5.74, 6) is -2.02. The molecule has 3 heterocycles. The summed E-state index contributed by atoms with van der Waals surface area (Å²) in [6.07, 6.45) is 0.143. The number of carbonyl (C=O) groups excluding carboxylic acids is 1. The number of urea groups is 1. The molecule has 11 nitrogen and oxygen atoms in total. The molecule has 1 aliphatic heterocycles. The highest BCUT2D eigenvalue weighted by Crippen LogP contribution is 2.38. The first-order valence-electron chi connectivity index (χ1n) is 13.7. The molecule has 2 aromatic carbocycles. The van der Waals surface area contributed by atoms with Crippen molar-refractivity contribution in [2.45, 2.75) is 32.0 Å². The summed E-state index contributed by atoms with van der Waals surface area (Å²) in [5, 5.41) is 2.84. The van der Waals surface area contributed by atoms with Crippen LogP contribution in [0.1, 0.15) is 30.0 Å². The Morgan fingerprint density at radius 3 is 2.27 bits per heavy atom. The Bertz CT molecular complexity index is 1920. The molecule has 2 N–H and O–H groups in total. The third-order valence-electron chi connectivity index (χ3n) is 7.44. The zero-order valence-electron chi connectivity index (χ0n) is 24.2. The molecule has 44 heavy (non-hydrogen) atoms. The largest absolute Gasteiger partial charge is 0.343 e. The third kappa shape index (κ3) is 6.31. The predicted molar refractivity (Wildman–Crippen MR) is 165 cm³/mol. The summed E-state index contributed by atoms with van der Waals surface area (Å²) in [4.78, 5) is 47.5. The second kappa shape index (κ2) is 12.6. The Kier molecular flexibility index (Phi) is 9.02. The van der Waals surface area contributed by atoms with Gasteiger partial charge in [0.05, 0.1) is 30.5 Å². The lowest BCUT2D eigenvalue weighted by Crippen LogP contribution is -2.44. The number of halogens is 2. The molecule has 1 aliphatic rings. The Morgan fingerprint density at radius 2 is 1.68 bits per heavy atom. The van der Waals surface area contributed by atoms with Crippen LogP contribution in [0.2, 0.25) is 0 Å². The fraction of sp³-hybridized carbons (Fsp3) is 0.345. The van der Waals surface area contributed by atoms with E-state index in [0.29, 0.717) is 28.2 Å².